The number of aryl methyl sites for hydroxylation is 1. The van der Waals surface area contributed by atoms with E-state index < -0.39 is 0 Å². The average molecular weight is 381 g/mol. The van der Waals surface area contributed by atoms with Crippen LogP contribution in [0.5, 0.6) is 0 Å². The zero-order chi connectivity index (χ0) is 20.6. The molecule has 7 heteroatoms. The first-order valence-electron chi connectivity index (χ1n) is 9.44. The molecule has 3 rings (SSSR count). The van der Waals surface area contributed by atoms with Crippen LogP contribution in [0.25, 0.3) is 10.9 Å². The SMILES string of the molecule is Cc1ccccc1NC(=O)Cn1nc(C(C)C)c2cnn(C(C)(C)C)c2c1=O. The molecular weight excluding hydrogens is 354 g/mol. The molecule has 0 atom stereocenters. The van der Waals surface area contributed by atoms with Crippen molar-refractivity contribution in [2.75, 3.05) is 5.32 Å². The summed E-state index contributed by atoms with van der Waals surface area (Å²) in [5, 5.41) is 12.5. The topological polar surface area (TPSA) is 81.8 Å². The molecule has 0 saturated carbocycles. The maximum atomic E-state index is 13.1. The van der Waals surface area contributed by atoms with Gasteiger partial charge in [-0.25, -0.2) is 4.68 Å². The van der Waals surface area contributed by atoms with Crippen molar-refractivity contribution < 1.29 is 4.79 Å². The van der Waals surface area contributed by atoms with E-state index in [2.05, 4.69) is 15.5 Å². The van der Waals surface area contributed by atoms with Crippen LogP contribution < -0.4 is 10.9 Å². The summed E-state index contributed by atoms with van der Waals surface area (Å²) in [6.45, 7) is 11.8. The average Bonchev–Trinajstić information content (AvgIpc) is 3.05. The fraction of sp³-hybridized carbons (Fsp3) is 0.429. The Morgan fingerprint density at radius 2 is 1.89 bits per heavy atom. The number of carbonyl (C=O) groups is 1. The Morgan fingerprint density at radius 3 is 2.50 bits per heavy atom. The van der Waals surface area contributed by atoms with Gasteiger partial charge in [-0.1, -0.05) is 32.0 Å². The largest absolute Gasteiger partial charge is 0.324 e. The van der Waals surface area contributed by atoms with Gasteiger partial charge in [-0.05, 0) is 45.2 Å². The van der Waals surface area contributed by atoms with Gasteiger partial charge in [-0.3, -0.25) is 14.3 Å². The molecule has 0 saturated heterocycles. The van der Waals surface area contributed by atoms with E-state index in [1.807, 2.05) is 65.8 Å². The van der Waals surface area contributed by atoms with Gasteiger partial charge in [0.15, 0.2) is 0 Å². The van der Waals surface area contributed by atoms with Crippen molar-refractivity contribution in [3.8, 4) is 0 Å². The second kappa shape index (κ2) is 7.22. The Balaban J connectivity index is 2.06. The number of amides is 1. The number of carbonyl (C=O) groups excluding carboxylic acids is 1. The Labute approximate surface area is 164 Å². The van der Waals surface area contributed by atoms with E-state index in [1.54, 1.807) is 10.9 Å². The highest BCUT2D eigenvalue weighted by molar-refractivity contribution is 5.91. The third-order valence-electron chi connectivity index (χ3n) is 4.61. The van der Waals surface area contributed by atoms with E-state index in [9.17, 15) is 9.59 Å². The zero-order valence-corrected chi connectivity index (χ0v) is 17.3. The van der Waals surface area contributed by atoms with E-state index in [1.165, 1.54) is 4.68 Å². The molecule has 28 heavy (non-hydrogen) atoms. The lowest BCUT2D eigenvalue weighted by molar-refractivity contribution is -0.117. The number of fused-ring (bicyclic) bond motifs is 1. The lowest BCUT2D eigenvalue weighted by Gasteiger charge is -2.21. The van der Waals surface area contributed by atoms with Crippen molar-refractivity contribution in [1.82, 2.24) is 19.6 Å². The Bertz CT molecular complexity index is 1090. The molecule has 0 radical (unpaired) electrons. The molecular formula is C21H27N5O2. The predicted octanol–water partition coefficient (Wildman–Crippen LogP) is 3.42. The summed E-state index contributed by atoms with van der Waals surface area (Å²) in [6.07, 6.45) is 1.70. The van der Waals surface area contributed by atoms with Gasteiger partial charge in [0.25, 0.3) is 5.56 Å². The van der Waals surface area contributed by atoms with Crippen LogP contribution in [0.15, 0.2) is 35.3 Å². The van der Waals surface area contributed by atoms with Crippen LogP contribution in [0.1, 0.15) is 51.8 Å². The molecule has 1 N–H and O–H groups in total. The molecule has 2 heterocycles. The summed E-state index contributed by atoms with van der Waals surface area (Å²) < 4.78 is 2.96. The minimum atomic E-state index is -0.363. The Morgan fingerprint density at radius 1 is 1.21 bits per heavy atom. The molecule has 7 nitrogen and oxygen atoms in total. The van der Waals surface area contributed by atoms with Crippen molar-refractivity contribution in [3.63, 3.8) is 0 Å². The lowest BCUT2D eigenvalue weighted by Crippen LogP contribution is -2.34. The molecule has 148 valence electrons. The standard InChI is InChI=1S/C21H27N5O2/c1-13(2)18-15-11-22-26(21(4,5)6)19(15)20(28)25(24-18)12-17(27)23-16-10-8-7-9-14(16)3/h7-11,13H,12H2,1-6H3,(H,23,27). The third kappa shape index (κ3) is 3.69. The first-order valence-corrected chi connectivity index (χ1v) is 9.44. The van der Waals surface area contributed by atoms with Crippen LogP contribution in [0.4, 0.5) is 5.69 Å². The first-order chi connectivity index (χ1) is 13.1. The highest BCUT2D eigenvalue weighted by Gasteiger charge is 2.24. The molecule has 0 aliphatic carbocycles. The number of aromatic nitrogens is 4. The van der Waals surface area contributed by atoms with Gasteiger partial charge in [-0.15, -0.1) is 0 Å². The third-order valence-corrected chi connectivity index (χ3v) is 4.61. The number of nitrogens with zero attached hydrogens (tertiary/aromatic N) is 4. The maximum Gasteiger partial charge on any atom is 0.293 e. The van der Waals surface area contributed by atoms with E-state index in [0.717, 1.165) is 22.3 Å². The van der Waals surface area contributed by atoms with Crippen molar-refractivity contribution in [1.29, 1.82) is 0 Å². The van der Waals surface area contributed by atoms with E-state index in [-0.39, 0.29) is 29.5 Å². The molecule has 0 bridgehead atoms. The molecule has 2 aromatic heterocycles. The van der Waals surface area contributed by atoms with Gasteiger partial charge in [0, 0.05) is 11.1 Å². The Hall–Kier alpha value is -2.96. The number of hydrogen-bond donors (Lipinski definition) is 1. The van der Waals surface area contributed by atoms with Crippen molar-refractivity contribution >= 4 is 22.5 Å². The monoisotopic (exact) mass is 381 g/mol. The van der Waals surface area contributed by atoms with Gasteiger partial charge < -0.3 is 5.32 Å². The summed E-state index contributed by atoms with van der Waals surface area (Å²) in [5.74, 6) is -0.203. The predicted molar refractivity (Wildman–Crippen MR) is 111 cm³/mol. The number of rotatable bonds is 4. The van der Waals surface area contributed by atoms with Gasteiger partial charge >= 0.3 is 0 Å². The van der Waals surface area contributed by atoms with E-state index >= 15 is 0 Å². The summed E-state index contributed by atoms with van der Waals surface area (Å²) in [5.41, 5.74) is 2.25. The molecule has 0 aliphatic rings. The van der Waals surface area contributed by atoms with Gasteiger partial charge in [0.2, 0.25) is 5.91 Å². The number of benzene rings is 1. The molecule has 0 fully saturated rings. The highest BCUT2D eigenvalue weighted by Crippen LogP contribution is 2.24. The van der Waals surface area contributed by atoms with Crippen LogP contribution in [0.2, 0.25) is 0 Å². The van der Waals surface area contributed by atoms with Crippen molar-refractivity contribution in [2.24, 2.45) is 0 Å². The number of para-hydroxylation sites is 1. The maximum absolute atomic E-state index is 13.1. The van der Waals surface area contributed by atoms with E-state index in [4.69, 9.17) is 0 Å². The normalized spacial score (nSPS) is 12.0. The van der Waals surface area contributed by atoms with Crippen LogP contribution >= 0.6 is 0 Å². The molecule has 1 aromatic carbocycles. The summed E-state index contributed by atoms with van der Waals surface area (Å²) in [6, 6.07) is 7.52. The first kappa shape index (κ1) is 19.8. The van der Waals surface area contributed by atoms with Gasteiger partial charge in [0.1, 0.15) is 12.1 Å². The Kier molecular flexibility index (Phi) is 5.10. The van der Waals surface area contributed by atoms with Crippen molar-refractivity contribution in [3.05, 3.63) is 52.1 Å². The molecule has 0 spiro atoms. The van der Waals surface area contributed by atoms with Crippen LogP contribution in [0.3, 0.4) is 0 Å². The number of nitrogens with one attached hydrogen (secondary N) is 1. The zero-order valence-electron chi connectivity index (χ0n) is 17.3. The number of anilines is 1. The van der Waals surface area contributed by atoms with Crippen LogP contribution in [-0.2, 0) is 16.9 Å². The molecule has 0 aliphatic heterocycles. The fourth-order valence-corrected chi connectivity index (χ4v) is 3.17. The highest BCUT2D eigenvalue weighted by atomic mass is 16.2. The quantitative estimate of drug-likeness (QED) is 0.751. The second-order valence-corrected chi connectivity index (χ2v) is 8.36. The van der Waals surface area contributed by atoms with Gasteiger partial charge in [0.05, 0.1) is 17.4 Å². The molecule has 0 unspecified atom stereocenters. The molecule has 3 aromatic rings. The summed E-state index contributed by atoms with van der Waals surface area (Å²) in [4.78, 5) is 25.7. The smallest absolute Gasteiger partial charge is 0.293 e. The second-order valence-electron chi connectivity index (χ2n) is 8.36. The summed E-state index contributed by atoms with van der Waals surface area (Å²) >= 11 is 0. The number of hydrogen-bond acceptors (Lipinski definition) is 4. The minimum Gasteiger partial charge on any atom is -0.324 e. The summed E-state index contributed by atoms with van der Waals surface area (Å²) in [7, 11) is 0. The minimum absolute atomic E-state index is 0.0893. The van der Waals surface area contributed by atoms with Crippen LogP contribution in [0, 0.1) is 6.92 Å². The van der Waals surface area contributed by atoms with Gasteiger partial charge in [-0.2, -0.15) is 10.2 Å². The van der Waals surface area contributed by atoms with E-state index in [0.29, 0.717) is 5.52 Å². The van der Waals surface area contributed by atoms with Crippen LogP contribution in [-0.4, -0.2) is 25.5 Å². The van der Waals surface area contributed by atoms with Crippen molar-refractivity contribution in [2.45, 2.75) is 59.5 Å². The lowest BCUT2D eigenvalue weighted by atomic mass is 10.1. The fourth-order valence-electron chi connectivity index (χ4n) is 3.17. The molecule has 1 amide bonds.